The normalized spacial score (nSPS) is 21.9. The molecule has 7 heteroatoms. The van der Waals surface area contributed by atoms with Gasteiger partial charge in [0.1, 0.15) is 0 Å². The van der Waals surface area contributed by atoms with E-state index in [4.69, 9.17) is 0 Å². The first kappa shape index (κ1) is 19.4. The van der Waals surface area contributed by atoms with Gasteiger partial charge in [-0.1, -0.05) is 19.3 Å². The van der Waals surface area contributed by atoms with Gasteiger partial charge in [-0.2, -0.15) is 0 Å². The number of rotatable bonds is 5. The van der Waals surface area contributed by atoms with Gasteiger partial charge in [-0.05, 0) is 51.4 Å². The fraction of sp³-hybridized carbons (Fsp3) is 0.762. The molecule has 1 saturated heterocycles. The van der Waals surface area contributed by atoms with Crippen LogP contribution in [0.4, 0.5) is 5.95 Å². The van der Waals surface area contributed by atoms with Gasteiger partial charge in [0.25, 0.3) is 5.56 Å². The van der Waals surface area contributed by atoms with Gasteiger partial charge in [-0.3, -0.25) is 19.5 Å². The zero-order valence-electron chi connectivity index (χ0n) is 16.8. The van der Waals surface area contributed by atoms with Gasteiger partial charge in [0.05, 0.1) is 12.2 Å². The fourth-order valence-electron chi connectivity index (χ4n) is 4.82. The molecular weight excluding hydrogens is 354 g/mol. The second kappa shape index (κ2) is 9.07. The fourth-order valence-corrected chi connectivity index (χ4v) is 4.82. The van der Waals surface area contributed by atoms with E-state index in [1.165, 1.54) is 19.3 Å². The number of carbonyl (C=O) groups excluding carboxylic acids is 1. The van der Waals surface area contributed by atoms with Crippen LogP contribution in [0, 0.1) is 0 Å². The van der Waals surface area contributed by atoms with Gasteiger partial charge in [-0.15, -0.1) is 0 Å². The van der Waals surface area contributed by atoms with Crippen LogP contribution in [0.5, 0.6) is 0 Å². The van der Waals surface area contributed by atoms with E-state index in [1.807, 2.05) is 0 Å². The minimum Gasteiger partial charge on any atom is -0.353 e. The summed E-state index contributed by atoms with van der Waals surface area (Å²) < 4.78 is 0. The lowest BCUT2D eigenvalue weighted by molar-refractivity contribution is -0.123. The third-order valence-electron chi connectivity index (χ3n) is 6.46. The number of fused-ring (bicyclic) bond motifs is 1. The van der Waals surface area contributed by atoms with Crippen LogP contribution in [-0.4, -0.2) is 52.5 Å². The smallest absolute Gasteiger partial charge is 0.255 e. The molecule has 2 heterocycles. The lowest BCUT2D eigenvalue weighted by atomic mass is 9.95. The molecule has 0 bridgehead atoms. The topological polar surface area (TPSA) is 90.1 Å². The number of amides is 1. The number of nitrogens with one attached hydrogen (secondary N) is 3. The van der Waals surface area contributed by atoms with Crippen molar-refractivity contribution >= 4 is 11.9 Å². The monoisotopic (exact) mass is 387 g/mol. The van der Waals surface area contributed by atoms with Crippen molar-refractivity contribution in [1.29, 1.82) is 0 Å². The molecule has 1 aromatic rings. The zero-order chi connectivity index (χ0) is 19.3. The number of aromatic amines is 1. The summed E-state index contributed by atoms with van der Waals surface area (Å²) >= 11 is 0. The lowest BCUT2D eigenvalue weighted by Crippen LogP contribution is -2.46. The lowest BCUT2D eigenvalue weighted by Gasteiger charge is -2.32. The summed E-state index contributed by atoms with van der Waals surface area (Å²) in [5.41, 5.74) is 1.86. The van der Waals surface area contributed by atoms with Gasteiger partial charge in [0.15, 0.2) is 0 Å². The summed E-state index contributed by atoms with van der Waals surface area (Å²) in [7, 11) is 0. The van der Waals surface area contributed by atoms with Crippen LogP contribution in [0.2, 0.25) is 0 Å². The second-order valence-electron chi connectivity index (χ2n) is 8.64. The molecular formula is C21H33N5O2. The van der Waals surface area contributed by atoms with Crippen LogP contribution in [0.15, 0.2) is 4.79 Å². The van der Waals surface area contributed by atoms with Crippen molar-refractivity contribution in [3.05, 3.63) is 21.6 Å². The number of nitrogens with zero attached hydrogens (tertiary/aromatic N) is 2. The van der Waals surface area contributed by atoms with Crippen LogP contribution in [0.3, 0.4) is 0 Å². The zero-order valence-corrected chi connectivity index (χ0v) is 16.8. The Bertz CT molecular complexity index is 733. The highest BCUT2D eigenvalue weighted by Crippen LogP contribution is 2.19. The molecule has 1 aromatic heterocycles. The molecule has 3 aliphatic rings. The summed E-state index contributed by atoms with van der Waals surface area (Å²) in [6.45, 7) is 2.28. The van der Waals surface area contributed by atoms with Crippen molar-refractivity contribution in [2.75, 3.05) is 25.0 Å². The number of H-pyrrole nitrogens is 1. The third kappa shape index (κ3) is 4.93. The first-order valence-electron chi connectivity index (χ1n) is 11.1. The molecule has 0 aromatic carbocycles. The van der Waals surface area contributed by atoms with E-state index in [2.05, 4.69) is 25.5 Å². The van der Waals surface area contributed by atoms with E-state index in [0.717, 1.165) is 75.7 Å². The predicted molar refractivity (Wildman–Crippen MR) is 110 cm³/mol. The van der Waals surface area contributed by atoms with E-state index in [0.29, 0.717) is 24.6 Å². The van der Waals surface area contributed by atoms with Gasteiger partial charge in [0, 0.05) is 30.7 Å². The highest BCUT2D eigenvalue weighted by molar-refractivity contribution is 5.78. The molecule has 1 amide bonds. The molecule has 4 rings (SSSR count). The van der Waals surface area contributed by atoms with Gasteiger partial charge < -0.3 is 10.6 Å². The van der Waals surface area contributed by atoms with Crippen molar-refractivity contribution in [3.8, 4) is 0 Å². The maximum Gasteiger partial charge on any atom is 0.255 e. The van der Waals surface area contributed by atoms with Crippen LogP contribution >= 0.6 is 0 Å². The largest absolute Gasteiger partial charge is 0.353 e. The highest BCUT2D eigenvalue weighted by Gasteiger charge is 2.23. The Balaban J connectivity index is 1.24. The summed E-state index contributed by atoms with van der Waals surface area (Å²) in [4.78, 5) is 34.4. The number of likely N-dealkylation sites (tertiary alicyclic amines) is 1. The Labute approximate surface area is 166 Å². The van der Waals surface area contributed by atoms with Gasteiger partial charge in [0.2, 0.25) is 11.9 Å². The van der Waals surface area contributed by atoms with Gasteiger partial charge >= 0.3 is 0 Å². The van der Waals surface area contributed by atoms with Crippen LogP contribution in [0.25, 0.3) is 0 Å². The van der Waals surface area contributed by atoms with Crippen LogP contribution in [-0.2, 0) is 17.6 Å². The molecule has 154 valence electrons. The quantitative estimate of drug-likeness (QED) is 0.719. The van der Waals surface area contributed by atoms with E-state index in [-0.39, 0.29) is 11.5 Å². The number of anilines is 1. The van der Waals surface area contributed by atoms with E-state index in [9.17, 15) is 9.59 Å². The second-order valence-corrected chi connectivity index (χ2v) is 8.64. The van der Waals surface area contributed by atoms with Crippen molar-refractivity contribution in [2.45, 2.75) is 82.7 Å². The molecule has 2 fully saturated rings. The Morgan fingerprint density at radius 1 is 1.00 bits per heavy atom. The molecule has 3 N–H and O–H groups in total. The van der Waals surface area contributed by atoms with Gasteiger partial charge in [-0.25, -0.2) is 4.98 Å². The first-order chi connectivity index (χ1) is 13.7. The average Bonchev–Trinajstić information content (AvgIpc) is 2.70. The Morgan fingerprint density at radius 2 is 1.75 bits per heavy atom. The van der Waals surface area contributed by atoms with E-state index < -0.39 is 0 Å². The molecule has 0 spiro atoms. The van der Waals surface area contributed by atoms with Crippen molar-refractivity contribution in [3.63, 3.8) is 0 Å². The average molecular weight is 388 g/mol. The number of piperidine rings is 1. The van der Waals surface area contributed by atoms with Crippen LogP contribution < -0.4 is 16.2 Å². The summed E-state index contributed by atoms with van der Waals surface area (Å²) in [5, 5.41) is 6.62. The van der Waals surface area contributed by atoms with Crippen LogP contribution in [0.1, 0.15) is 69.0 Å². The molecule has 1 aliphatic heterocycles. The summed E-state index contributed by atoms with van der Waals surface area (Å²) in [5.74, 6) is 0.776. The number of aryl methyl sites for hydroxylation is 1. The molecule has 0 radical (unpaired) electrons. The third-order valence-corrected chi connectivity index (χ3v) is 6.46. The molecule has 0 atom stereocenters. The Morgan fingerprint density at radius 3 is 2.54 bits per heavy atom. The van der Waals surface area contributed by atoms with Crippen molar-refractivity contribution < 1.29 is 4.79 Å². The standard InChI is InChI=1S/C21H33N5O2/c27-19(22-15-6-2-1-3-7-15)14-26-12-10-16(11-13-26)23-21-24-18-9-5-4-8-17(18)20(28)25-21/h15-16H,1-14H2,(H,22,27)(H2,23,24,25,28). The number of aromatic nitrogens is 2. The molecule has 2 aliphatic carbocycles. The maximum absolute atomic E-state index is 12.3. The Kier molecular flexibility index (Phi) is 6.29. The molecule has 1 saturated carbocycles. The number of hydrogen-bond donors (Lipinski definition) is 3. The van der Waals surface area contributed by atoms with E-state index >= 15 is 0 Å². The van der Waals surface area contributed by atoms with E-state index in [1.54, 1.807) is 0 Å². The van der Waals surface area contributed by atoms with Crippen molar-refractivity contribution in [1.82, 2.24) is 20.2 Å². The maximum atomic E-state index is 12.3. The number of hydrogen-bond acceptors (Lipinski definition) is 5. The molecule has 28 heavy (non-hydrogen) atoms. The predicted octanol–water partition coefficient (Wildman–Crippen LogP) is 1.97. The molecule has 7 nitrogen and oxygen atoms in total. The minimum atomic E-state index is 0.0176. The Hall–Kier alpha value is -1.89. The minimum absolute atomic E-state index is 0.0176. The summed E-state index contributed by atoms with van der Waals surface area (Å²) in [6.07, 6.45) is 11.9. The van der Waals surface area contributed by atoms with Crippen molar-refractivity contribution in [2.24, 2.45) is 0 Å². The SMILES string of the molecule is O=C(CN1CCC(Nc2nc3c(c(=O)[nH]2)CCCC3)CC1)NC1CCCCC1. The number of carbonyl (C=O) groups is 1. The first-order valence-corrected chi connectivity index (χ1v) is 11.1. The highest BCUT2D eigenvalue weighted by atomic mass is 16.2. The molecule has 0 unspecified atom stereocenters. The summed E-state index contributed by atoms with van der Waals surface area (Å²) in [6, 6.07) is 0.676.